The number of ether oxygens (including phenoxy) is 1. The topological polar surface area (TPSA) is 67.4 Å². The number of hydrogen-bond acceptors (Lipinski definition) is 5. The van der Waals surface area contributed by atoms with Crippen molar-refractivity contribution in [3.05, 3.63) is 41.0 Å². The maximum absolute atomic E-state index is 12.2. The van der Waals surface area contributed by atoms with Gasteiger partial charge in [0.2, 0.25) is 0 Å². The van der Waals surface area contributed by atoms with Crippen LogP contribution in [0.1, 0.15) is 24.3 Å². The summed E-state index contributed by atoms with van der Waals surface area (Å²) in [5.41, 5.74) is 0.995. The van der Waals surface area contributed by atoms with E-state index in [-0.39, 0.29) is 5.91 Å². The number of amides is 1. The van der Waals surface area contributed by atoms with Crippen LogP contribution in [-0.2, 0) is 0 Å². The third kappa shape index (κ3) is 4.10. The molecule has 7 heteroatoms. The minimum absolute atomic E-state index is 0.130. The van der Waals surface area contributed by atoms with Crippen molar-refractivity contribution in [3.8, 4) is 5.75 Å². The van der Waals surface area contributed by atoms with Gasteiger partial charge in [-0.3, -0.25) is 4.79 Å². The number of carbonyl (C=O) groups excluding carboxylic acids is 1. The van der Waals surface area contributed by atoms with Gasteiger partial charge in [-0.1, -0.05) is 11.6 Å². The zero-order valence-corrected chi connectivity index (χ0v) is 14.1. The van der Waals surface area contributed by atoms with Crippen LogP contribution in [0, 0.1) is 0 Å². The second-order valence-electron chi connectivity index (χ2n) is 4.75. The van der Waals surface area contributed by atoms with E-state index in [1.165, 1.54) is 0 Å². The van der Waals surface area contributed by atoms with Crippen molar-refractivity contribution >= 4 is 29.0 Å². The number of benzene rings is 1. The summed E-state index contributed by atoms with van der Waals surface area (Å²) in [5.74, 6) is 1.01. The highest BCUT2D eigenvalue weighted by Crippen LogP contribution is 2.29. The molecule has 2 rings (SSSR count). The normalized spacial score (nSPS) is 10.3. The number of halogens is 1. The van der Waals surface area contributed by atoms with Crippen molar-refractivity contribution in [2.24, 2.45) is 0 Å². The molecule has 0 saturated carbocycles. The maximum atomic E-state index is 12.2. The summed E-state index contributed by atoms with van der Waals surface area (Å²) < 4.78 is 5.26. The van der Waals surface area contributed by atoms with Crippen LogP contribution in [-0.4, -0.2) is 41.2 Å². The first-order chi connectivity index (χ1) is 11.1. The molecular formula is C16H19ClN4O2. The lowest BCUT2D eigenvalue weighted by Gasteiger charge is -2.17. The maximum Gasteiger partial charge on any atom is 0.274 e. The Balaban J connectivity index is 2.17. The van der Waals surface area contributed by atoms with Gasteiger partial charge >= 0.3 is 0 Å². The minimum Gasteiger partial charge on any atom is -0.495 e. The number of nitrogens with zero attached hydrogens (tertiary/aromatic N) is 3. The molecule has 1 aromatic carbocycles. The van der Waals surface area contributed by atoms with Crippen LogP contribution in [0.4, 0.5) is 11.5 Å². The summed E-state index contributed by atoms with van der Waals surface area (Å²) >= 11 is 5.99. The van der Waals surface area contributed by atoms with Crippen molar-refractivity contribution in [2.75, 3.05) is 25.5 Å². The summed E-state index contributed by atoms with van der Waals surface area (Å²) in [6, 6.07) is 8.58. The van der Waals surface area contributed by atoms with Crippen LogP contribution in [0.2, 0.25) is 5.02 Å². The predicted octanol–water partition coefficient (Wildman–Crippen LogP) is 3.36. The lowest BCUT2D eigenvalue weighted by molar-refractivity contribution is 0.0766. The quantitative estimate of drug-likeness (QED) is 0.877. The zero-order chi connectivity index (χ0) is 16.8. The second-order valence-corrected chi connectivity index (χ2v) is 5.19. The second kappa shape index (κ2) is 7.78. The Kier molecular flexibility index (Phi) is 5.76. The molecule has 1 N–H and O–H groups in total. The molecule has 0 bridgehead atoms. The van der Waals surface area contributed by atoms with E-state index in [0.717, 1.165) is 0 Å². The smallest absolute Gasteiger partial charge is 0.274 e. The SMILES string of the molecule is CCN(CC)C(=O)c1ccc(Nc2cc(Cl)ccc2OC)nn1. The Bertz CT molecular complexity index is 672. The average molecular weight is 335 g/mol. The standard InChI is InChI=1S/C16H19ClN4O2/c1-4-21(5-2)16(22)12-7-9-15(20-19-12)18-13-10-11(17)6-8-14(13)23-3/h6-10H,4-5H2,1-3H3,(H,18,20). The lowest BCUT2D eigenvalue weighted by Crippen LogP contribution is -2.31. The number of anilines is 2. The highest BCUT2D eigenvalue weighted by molar-refractivity contribution is 6.31. The molecule has 0 saturated heterocycles. The van der Waals surface area contributed by atoms with Crippen molar-refractivity contribution in [1.82, 2.24) is 15.1 Å². The van der Waals surface area contributed by atoms with Crippen LogP contribution in [0.25, 0.3) is 0 Å². The summed E-state index contributed by atoms with van der Waals surface area (Å²) in [6.45, 7) is 5.12. The zero-order valence-electron chi connectivity index (χ0n) is 13.3. The molecule has 6 nitrogen and oxygen atoms in total. The fourth-order valence-electron chi connectivity index (χ4n) is 2.10. The van der Waals surface area contributed by atoms with Crippen LogP contribution >= 0.6 is 11.6 Å². The molecule has 23 heavy (non-hydrogen) atoms. The van der Waals surface area contributed by atoms with Crippen LogP contribution in [0.15, 0.2) is 30.3 Å². The molecule has 1 heterocycles. The van der Waals surface area contributed by atoms with Crippen LogP contribution in [0.3, 0.4) is 0 Å². The molecule has 1 amide bonds. The molecule has 0 radical (unpaired) electrons. The third-order valence-corrected chi connectivity index (χ3v) is 3.59. The van der Waals surface area contributed by atoms with E-state index >= 15 is 0 Å². The summed E-state index contributed by atoms with van der Waals surface area (Å²) in [6.07, 6.45) is 0. The van der Waals surface area contributed by atoms with Crippen molar-refractivity contribution in [3.63, 3.8) is 0 Å². The number of aromatic nitrogens is 2. The van der Waals surface area contributed by atoms with Gasteiger partial charge in [-0.05, 0) is 44.2 Å². The summed E-state index contributed by atoms with van der Waals surface area (Å²) in [4.78, 5) is 13.9. The number of hydrogen-bond donors (Lipinski definition) is 1. The van der Waals surface area contributed by atoms with Crippen molar-refractivity contribution in [2.45, 2.75) is 13.8 Å². The lowest BCUT2D eigenvalue weighted by atomic mass is 10.3. The molecule has 0 spiro atoms. The van der Waals surface area contributed by atoms with E-state index in [2.05, 4.69) is 15.5 Å². The first-order valence-corrected chi connectivity index (χ1v) is 7.70. The summed E-state index contributed by atoms with van der Waals surface area (Å²) in [5, 5.41) is 11.7. The van der Waals surface area contributed by atoms with Gasteiger partial charge in [0.15, 0.2) is 11.5 Å². The highest BCUT2D eigenvalue weighted by Gasteiger charge is 2.14. The fraction of sp³-hybridized carbons (Fsp3) is 0.312. The first-order valence-electron chi connectivity index (χ1n) is 7.32. The van der Waals surface area contributed by atoms with E-state index in [9.17, 15) is 4.79 Å². The molecular weight excluding hydrogens is 316 g/mol. The molecule has 0 aliphatic rings. The minimum atomic E-state index is -0.130. The average Bonchev–Trinajstić information content (AvgIpc) is 2.57. The van der Waals surface area contributed by atoms with E-state index in [0.29, 0.717) is 41.1 Å². The van der Waals surface area contributed by atoms with E-state index in [1.807, 2.05) is 13.8 Å². The van der Waals surface area contributed by atoms with Crippen LogP contribution in [0.5, 0.6) is 5.75 Å². The number of methoxy groups -OCH3 is 1. The van der Waals surface area contributed by atoms with Gasteiger partial charge in [-0.25, -0.2) is 0 Å². The van der Waals surface area contributed by atoms with Crippen molar-refractivity contribution in [1.29, 1.82) is 0 Å². The Morgan fingerprint density at radius 2 is 1.96 bits per heavy atom. The fourth-order valence-corrected chi connectivity index (χ4v) is 2.27. The van der Waals surface area contributed by atoms with Gasteiger partial charge < -0.3 is 15.0 Å². The summed E-state index contributed by atoms with van der Waals surface area (Å²) in [7, 11) is 1.58. The molecule has 0 fully saturated rings. The predicted molar refractivity (Wildman–Crippen MR) is 90.6 cm³/mol. The molecule has 122 valence electrons. The van der Waals surface area contributed by atoms with Gasteiger partial charge in [-0.15, -0.1) is 10.2 Å². The monoisotopic (exact) mass is 334 g/mol. The van der Waals surface area contributed by atoms with E-state index in [4.69, 9.17) is 16.3 Å². The number of nitrogens with one attached hydrogen (secondary N) is 1. The Hall–Kier alpha value is -2.34. The Labute approximate surface area is 140 Å². The molecule has 1 aromatic heterocycles. The van der Waals surface area contributed by atoms with E-state index < -0.39 is 0 Å². The highest BCUT2D eigenvalue weighted by atomic mass is 35.5. The van der Waals surface area contributed by atoms with Crippen LogP contribution < -0.4 is 10.1 Å². The Morgan fingerprint density at radius 3 is 2.52 bits per heavy atom. The molecule has 0 aliphatic carbocycles. The van der Waals surface area contributed by atoms with Gasteiger partial charge in [0.1, 0.15) is 5.75 Å². The van der Waals surface area contributed by atoms with Gasteiger partial charge in [0, 0.05) is 18.1 Å². The third-order valence-electron chi connectivity index (χ3n) is 3.36. The number of carbonyl (C=O) groups is 1. The van der Waals surface area contributed by atoms with Gasteiger partial charge in [0.25, 0.3) is 5.91 Å². The van der Waals surface area contributed by atoms with Gasteiger partial charge in [0.05, 0.1) is 12.8 Å². The first kappa shape index (κ1) is 17.0. The molecule has 0 aliphatic heterocycles. The molecule has 0 unspecified atom stereocenters. The Morgan fingerprint density at radius 1 is 1.22 bits per heavy atom. The largest absolute Gasteiger partial charge is 0.495 e. The molecule has 0 atom stereocenters. The molecule has 2 aromatic rings. The van der Waals surface area contributed by atoms with Gasteiger partial charge in [-0.2, -0.15) is 0 Å². The number of rotatable bonds is 6. The van der Waals surface area contributed by atoms with E-state index in [1.54, 1.807) is 42.3 Å². The van der Waals surface area contributed by atoms with Crippen molar-refractivity contribution < 1.29 is 9.53 Å².